The van der Waals surface area contributed by atoms with Gasteiger partial charge >= 0.3 is 0 Å². The molecule has 0 amide bonds. The number of nitrogens with zero attached hydrogens (tertiary/aromatic N) is 2. The Bertz CT molecular complexity index is 516. The number of nitrogens with two attached hydrogens (primary N) is 1. The summed E-state index contributed by atoms with van der Waals surface area (Å²) in [4.78, 5) is 0. The quantitative estimate of drug-likeness (QED) is 0.864. The Labute approximate surface area is 115 Å². The number of benzene rings is 1. The predicted molar refractivity (Wildman–Crippen MR) is 79.0 cm³/mol. The van der Waals surface area contributed by atoms with Gasteiger partial charge in [-0.05, 0) is 50.3 Å². The molecule has 0 saturated carbocycles. The van der Waals surface area contributed by atoms with Crippen LogP contribution in [0.1, 0.15) is 23.2 Å². The molecular formula is C16H23N3. The molecule has 1 heterocycles. The lowest BCUT2D eigenvalue weighted by Gasteiger charge is -2.15. The van der Waals surface area contributed by atoms with Crippen LogP contribution >= 0.6 is 0 Å². The van der Waals surface area contributed by atoms with Crippen molar-refractivity contribution in [2.45, 2.75) is 26.2 Å². The normalized spacial score (nSPS) is 12.6. The van der Waals surface area contributed by atoms with Crippen LogP contribution in [-0.4, -0.2) is 16.3 Å². The van der Waals surface area contributed by atoms with Crippen molar-refractivity contribution in [2.75, 3.05) is 6.54 Å². The zero-order chi connectivity index (χ0) is 13.7. The summed E-state index contributed by atoms with van der Waals surface area (Å²) in [5.74, 6) is 0.539. The highest BCUT2D eigenvalue weighted by Crippen LogP contribution is 2.15. The van der Waals surface area contributed by atoms with E-state index in [0.717, 1.165) is 25.8 Å². The van der Waals surface area contributed by atoms with Gasteiger partial charge in [0.1, 0.15) is 0 Å². The molecule has 0 spiro atoms. The zero-order valence-corrected chi connectivity index (χ0v) is 11.8. The lowest BCUT2D eigenvalue weighted by atomic mass is 9.93. The van der Waals surface area contributed by atoms with E-state index >= 15 is 0 Å². The van der Waals surface area contributed by atoms with E-state index in [-0.39, 0.29) is 0 Å². The standard InChI is InChI=1S/C16H23N3/c1-13-4-3-5-14(10-13)11-15(12-17)6-7-16-8-9-18-19(16)2/h3-5,8-10,15H,6-7,11-12,17H2,1-2H3. The summed E-state index contributed by atoms with van der Waals surface area (Å²) in [6.45, 7) is 2.88. The van der Waals surface area contributed by atoms with Crippen molar-refractivity contribution in [1.82, 2.24) is 9.78 Å². The number of aryl methyl sites for hydroxylation is 3. The molecule has 2 rings (SSSR count). The molecule has 0 saturated heterocycles. The summed E-state index contributed by atoms with van der Waals surface area (Å²) in [5, 5.41) is 4.20. The fourth-order valence-corrected chi connectivity index (χ4v) is 2.47. The summed E-state index contributed by atoms with van der Waals surface area (Å²) < 4.78 is 1.94. The number of hydrogen-bond donors (Lipinski definition) is 1. The van der Waals surface area contributed by atoms with Crippen LogP contribution in [0.4, 0.5) is 0 Å². The maximum atomic E-state index is 5.91. The molecule has 2 aromatic rings. The third-order valence-electron chi connectivity index (χ3n) is 3.67. The topological polar surface area (TPSA) is 43.8 Å². The van der Waals surface area contributed by atoms with E-state index in [1.54, 1.807) is 0 Å². The van der Waals surface area contributed by atoms with Gasteiger partial charge in [-0.2, -0.15) is 5.10 Å². The molecule has 1 aromatic heterocycles. The average Bonchev–Trinajstić information content (AvgIpc) is 2.80. The maximum absolute atomic E-state index is 5.91. The molecule has 0 aliphatic heterocycles. The first-order chi connectivity index (χ1) is 9.19. The highest BCUT2D eigenvalue weighted by atomic mass is 15.2. The van der Waals surface area contributed by atoms with E-state index in [2.05, 4.69) is 42.4 Å². The molecule has 0 fully saturated rings. The lowest BCUT2D eigenvalue weighted by molar-refractivity contribution is 0.485. The third-order valence-corrected chi connectivity index (χ3v) is 3.67. The zero-order valence-electron chi connectivity index (χ0n) is 11.8. The molecule has 19 heavy (non-hydrogen) atoms. The van der Waals surface area contributed by atoms with Crippen LogP contribution in [0.15, 0.2) is 36.5 Å². The van der Waals surface area contributed by atoms with Crippen molar-refractivity contribution in [3.05, 3.63) is 53.3 Å². The molecule has 3 heteroatoms. The van der Waals surface area contributed by atoms with Crippen molar-refractivity contribution in [1.29, 1.82) is 0 Å². The van der Waals surface area contributed by atoms with Crippen LogP contribution in [0.3, 0.4) is 0 Å². The van der Waals surface area contributed by atoms with Gasteiger partial charge in [0.15, 0.2) is 0 Å². The molecule has 3 nitrogen and oxygen atoms in total. The first-order valence-corrected chi connectivity index (χ1v) is 6.91. The van der Waals surface area contributed by atoms with Crippen LogP contribution in [-0.2, 0) is 19.9 Å². The van der Waals surface area contributed by atoms with Gasteiger partial charge in [0, 0.05) is 18.9 Å². The molecule has 102 valence electrons. The molecular weight excluding hydrogens is 234 g/mol. The Morgan fingerprint density at radius 3 is 2.79 bits per heavy atom. The molecule has 0 aliphatic rings. The summed E-state index contributed by atoms with van der Waals surface area (Å²) in [7, 11) is 1.99. The van der Waals surface area contributed by atoms with Crippen LogP contribution in [0, 0.1) is 12.8 Å². The van der Waals surface area contributed by atoms with Gasteiger partial charge < -0.3 is 5.73 Å². The molecule has 0 radical (unpaired) electrons. The molecule has 1 aromatic carbocycles. The Kier molecular flexibility index (Phi) is 4.74. The van der Waals surface area contributed by atoms with E-state index in [1.807, 2.05) is 17.9 Å². The van der Waals surface area contributed by atoms with Crippen LogP contribution < -0.4 is 5.73 Å². The first-order valence-electron chi connectivity index (χ1n) is 6.91. The second-order valence-electron chi connectivity index (χ2n) is 5.28. The fourth-order valence-electron chi connectivity index (χ4n) is 2.47. The first kappa shape index (κ1) is 13.8. The molecule has 1 unspecified atom stereocenters. The second kappa shape index (κ2) is 6.53. The Morgan fingerprint density at radius 1 is 1.32 bits per heavy atom. The van der Waals surface area contributed by atoms with Crippen molar-refractivity contribution in [2.24, 2.45) is 18.7 Å². The minimum Gasteiger partial charge on any atom is -0.330 e. The van der Waals surface area contributed by atoms with Crippen LogP contribution in [0.5, 0.6) is 0 Å². The number of rotatable bonds is 6. The van der Waals surface area contributed by atoms with E-state index in [9.17, 15) is 0 Å². The minimum absolute atomic E-state index is 0.539. The Hall–Kier alpha value is -1.61. The molecule has 0 aliphatic carbocycles. The summed E-state index contributed by atoms with van der Waals surface area (Å²) in [5.41, 5.74) is 9.90. The van der Waals surface area contributed by atoms with Crippen molar-refractivity contribution >= 4 is 0 Å². The van der Waals surface area contributed by atoms with Crippen molar-refractivity contribution in [3.8, 4) is 0 Å². The smallest absolute Gasteiger partial charge is 0.0492 e. The highest BCUT2D eigenvalue weighted by Gasteiger charge is 2.09. The number of hydrogen-bond acceptors (Lipinski definition) is 2. The van der Waals surface area contributed by atoms with E-state index in [4.69, 9.17) is 5.73 Å². The lowest BCUT2D eigenvalue weighted by Crippen LogP contribution is -2.18. The summed E-state index contributed by atoms with van der Waals surface area (Å²) in [6.07, 6.45) is 5.08. The molecule has 0 bridgehead atoms. The van der Waals surface area contributed by atoms with Gasteiger partial charge in [-0.15, -0.1) is 0 Å². The average molecular weight is 257 g/mol. The van der Waals surface area contributed by atoms with Gasteiger partial charge in [0.25, 0.3) is 0 Å². The third kappa shape index (κ3) is 3.93. The molecule has 1 atom stereocenters. The number of aromatic nitrogens is 2. The van der Waals surface area contributed by atoms with E-state index < -0.39 is 0 Å². The monoisotopic (exact) mass is 257 g/mol. The summed E-state index contributed by atoms with van der Waals surface area (Å²) in [6, 6.07) is 10.8. The van der Waals surface area contributed by atoms with Gasteiger partial charge in [-0.25, -0.2) is 0 Å². The van der Waals surface area contributed by atoms with Gasteiger partial charge in [-0.1, -0.05) is 29.8 Å². The highest BCUT2D eigenvalue weighted by molar-refractivity contribution is 5.22. The van der Waals surface area contributed by atoms with Crippen LogP contribution in [0.2, 0.25) is 0 Å². The predicted octanol–water partition coefficient (Wildman–Crippen LogP) is 2.48. The minimum atomic E-state index is 0.539. The maximum Gasteiger partial charge on any atom is 0.0492 e. The molecule has 2 N–H and O–H groups in total. The second-order valence-corrected chi connectivity index (χ2v) is 5.28. The SMILES string of the molecule is Cc1cccc(CC(CN)CCc2ccnn2C)c1. The summed E-state index contributed by atoms with van der Waals surface area (Å²) >= 11 is 0. The van der Waals surface area contributed by atoms with Gasteiger partial charge in [0.05, 0.1) is 0 Å². The van der Waals surface area contributed by atoms with Crippen molar-refractivity contribution < 1.29 is 0 Å². The van der Waals surface area contributed by atoms with Gasteiger partial charge in [-0.3, -0.25) is 4.68 Å². The van der Waals surface area contributed by atoms with Crippen molar-refractivity contribution in [3.63, 3.8) is 0 Å². The Balaban J connectivity index is 1.92. The van der Waals surface area contributed by atoms with E-state index in [1.165, 1.54) is 16.8 Å². The van der Waals surface area contributed by atoms with Gasteiger partial charge in [0.2, 0.25) is 0 Å². The fraction of sp³-hybridized carbons (Fsp3) is 0.438. The van der Waals surface area contributed by atoms with Crippen LogP contribution in [0.25, 0.3) is 0 Å². The van der Waals surface area contributed by atoms with E-state index in [0.29, 0.717) is 5.92 Å². The largest absolute Gasteiger partial charge is 0.330 e. The Morgan fingerprint density at radius 2 is 2.16 bits per heavy atom.